The van der Waals surface area contributed by atoms with Crippen LogP contribution in [0.3, 0.4) is 0 Å². The molecule has 0 spiro atoms. The predicted octanol–water partition coefficient (Wildman–Crippen LogP) is 4.27. The average molecular weight is 334 g/mol. The quantitative estimate of drug-likeness (QED) is 0.704. The van der Waals surface area contributed by atoms with Crippen LogP contribution >= 0.6 is 0 Å². The second kappa shape index (κ2) is 7.52. The van der Waals surface area contributed by atoms with E-state index in [1.165, 1.54) is 42.4 Å². The summed E-state index contributed by atoms with van der Waals surface area (Å²) in [5.74, 6) is -0.573. The van der Waals surface area contributed by atoms with Gasteiger partial charge in [-0.15, -0.1) is 0 Å². The Morgan fingerprint density at radius 1 is 1.25 bits per heavy atom. The third-order valence-corrected chi connectivity index (χ3v) is 5.07. The van der Waals surface area contributed by atoms with Crippen molar-refractivity contribution in [1.29, 1.82) is 0 Å². The molecule has 2 aliphatic carbocycles. The Balaban J connectivity index is 1.80. The Morgan fingerprint density at radius 2 is 2.08 bits per heavy atom. The number of hydrogen-bond donors (Lipinski definition) is 0. The van der Waals surface area contributed by atoms with Crippen LogP contribution in [0.2, 0.25) is 0 Å². The summed E-state index contributed by atoms with van der Waals surface area (Å²) in [5.41, 5.74) is 4.00. The second-order valence-corrected chi connectivity index (χ2v) is 7.40. The summed E-state index contributed by atoms with van der Waals surface area (Å²) < 4.78 is 23.3. The number of hydrogen-bond acceptors (Lipinski definition) is 4. The molecule has 3 atom stereocenters. The summed E-state index contributed by atoms with van der Waals surface area (Å²) in [6.07, 6.45) is 12.6. The molecule has 0 radical (unpaired) electrons. The van der Waals surface area contributed by atoms with Gasteiger partial charge in [0.05, 0.1) is 6.10 Å². The molecule has 1 aliphatic heterocycles. The van der Waals surface area contributed by atoms with Crippen LogP contribution in [0.15, 0.2) is 34.9 Å². The van der Waals surface area contributed by atoms with Crippen molar-refractivity contribution < 1.29 is 18.9 Å². The first-order valence-corrected chi connectivity index (χ1v) is 9.03. The number of rotatable bonds is 5. The van der Waals surface area contributed by atoms with Crippen molar-refractivity contribution in [2.24, 2.45) is 0 Å². The summed E-state index contributed by atoms with van der Waals surface area (Å²) in [4.78, 5) is 0. The number of fused-ring (bicyclic) bond motifs is 1. The second-order valence-electron chi connectivity index (χ2n) is 7.40. The van der Waals surface area contributed by atoms with E-state index in [4.69, 9.17) is 18.9 Å². The molecule has 3 aliphatic rings. The van der Waals surface area contributed by atoms with Gasteiger partial charge in [0, 0.05) is 13.5 Å². The minimum atomic E-state index is -0.573. The van der Waals surface area contributed by atoms with Crippen LogP contribution < -0.4 is 0 Å². The van der Waals surface area contributed by atoms with Crippen LogP contribution in [-0.2, 0) is 18.9 Å². The average Bonchev–Trinajstić information content (AvgIpc) is 2.90. The largest absolute Gasteiger partial charge is 0.359 e. The molecule has 0 unspecified atom stereocenters. The van der Waals surface area contributed by atoms with E-state index in [0.29, 0.717) is 0 Å². The molecule has 1 saturated heterocycles. The van der Waals surface area contributed by atoms with Crippen LogP contribution in [0.25, 0.3) is 0 Å². The standard InChI is InChI=1S/C20H30O4/c1-14-16(11-10-15-8-6-5-7-9-15)12-17(22-13-21-4)19-18(14)23-20(2,3)24-19/h8,10-11,17-19H,5-7,9,12-13H2,1-4H3/b11-10-/t17-,18-,19-/m1/s1. The maximum absolute atomic E-state index is 6.15. The van der Waals surface area contributed by atoms with Crippen LogP contribution in [-0.4, -0.2) is 38.0 Å². The van der Waals surface area contributed by atoms with Gasteiger partial charge in [0.15, 0.2) is 5.79 Å². The highest BCUT2D eigenvalue weighted by molar-refractivity contribution is 5.36. The zero-order chi connectivity index (χ0) is 17.2. The molecule has 0 amide bonds. The molecule has 1 fully saturated rings. The van der Waals surface area contributed by atoms with Crippen molar-refractivity contribution in [2.45, 2.75) is 77.0 Å². The first kappa shape index (κ1) is 17.9. The molecular formula is C20H30O4. The minimum absolute atomic E-state index is 0.0413. The monoisotopic (exact) mass is 334 g/mol. The molecule has 0 aromatic rings. The lowest BCUT2D eigenvalue weighted by Crippen LogP contribution is -2.42. The van der Waals surface area contributed by atoms with E-state index in [9.17, 15) is 0 Å². The first-order valence-electron chi connectivity index (χ1n) is 9.03. The fourth-order valence-electron chi connectivity index (χ4n) is 3.80. The molecule has 0 bridgehead atoms. The Kier molecular flexibility index (Phi) is 5.60. The van der Waals surface area contributed by atoms with Gasteiger partial charge >= 0.3 is 0 Å². The number of allylic oxidation sites excluding steroid dienone is 4. The van der Waals surface area contributed by atoms with Gasteiger partial charge in [0.1, 0.15) is 19.0 Å². The molecule has 134 valence electrons. The summed E-state index contributed by atoms with van der Waals surface area (Å²) in [6.45, 7) is 6.37. The summed E-state index contributed by atoms with van der Waals surface area (Å²) in [6, 6.07) is 0. The highest BCUT2D eigenvalue weighted by Crippen LogP contribution is 2.41. The molecule has 3 rings (SSSR count). The maximum atomic E-state index is 6.15. The molecule has 24 heavy (non-hydrogen) atoms. The van der Waals surface area contributed by atoms with Gasteiger partial charge in [0.25, 0.3) is 0 Å². The van der Waals surface area contributed by atoms with E-state index in [0.717, 1.165) is 6.42 Å². The fraction of sp³-hybridized carbons (Fsp3) is 0.700. The zero-order valence-corrected chi connectivity index (χ0v) is 15.3. The Hall–Kier alpha value is -0.940. The van der Waals surface area contributed by atoms with Crippen molar-refractivity contribution >= 4 is 0 Å². The van der Waals surface area contributed by atoms with Crippen molar-refractivity contribution in [2.75, 3.05) is 13.9 Å². The zero-order valence-electron chi connectivity index (χ0n) is 15.3. The number of methoxy groups -OCH3 is 1. The fourth-order valence-corrected chi connectivity index (χ4v) is 3.80. The van der Waals surface area contributed by atoms with Crippen LogP contribution in [0.5, 0.6) is 0 Å². The SMILES string of the molecule is COCO[C@@H]1CC(/C=C\C2=CCCCC2)=C(C)[C@H]2OC(C)(C)O[C@@H]21. The lowest BCUT2D eigenvalue weighted by atomic mass is 9.85. The summed E-state index contributed by atoms with van der Waals surface area (Å²) in [5, 5.41) is 0. The summed E-state index contributed by atoms with van der Waals surface area (Å²) in [7, 11) is 1.65. The number of ether oxygens (including phenoxy) is 4. The van der Waals surface area contributed by atoms with Gasteiger partial charge in [-0.3, -0.25) is 0 Å². The lowest BCUT2D eigenvalue weighted by molar-refractivity contribution is -0.168. The molecule has 0 aromatic heterocycles. The van der Waals surface area contributed by atoms with Crippen molar-refractivity contribution in [3.63, 3.8) is 0 Å². The van der Waals surface area contributed by atoms with Gasteiger partial charge in [-0.2, -0.15) is 0 Å². The molecule has 4 heteroatoms. The maximum Gasteiger partial charge on any atom is 0.164 e. The Labute approximate surface area is 145 Å². The summed E-state index contributed by atoms with van der Waals surface area (Å²) >= 11 is 0. The Bertz CT molecular complexity index is 544. The van der Waals surface area contributed by atoms with Crippen molar-refractivity contribution in [3.05, 3.63) is 34.9 Å². The first-order chi connectivity index (χ1) is 11.5. The normalized spacial score (nSPS) is 33.0. The van der Waals surface area contributed by atoms with E-state index in [2.05, 4.69) is 25.2 Å². The smallest absolute Gasteiger partial charge is 0.164 e. The highest BCUT2D eigenvalue weighted by atomic mass is 16.8. The van der Waals surface area contributed by atoms with Gasteiger partial charge in [0.2, 0.25) is 0 Å². The van der Waals surface area contributed by atoms with Crippen molar-refractivity contribution in [3.8, 4) is 0 Å². The van der Waals surface area contributed by atoms with E-state index in [1.54, 1.807) is 7.11 Å². The lowest BCUT2D eigenvalue weighted by Gasteiger charge is -2.33. The topological polar surface area (TPSA) is 36.9 Å². The third-order valence-electron chi connectivity index (χ3n) is 5.07. The third kappa shape index (κ3) is 3.99. The van der Waals surface area contributed by atoms with Crippen LogP contribution in [0.4, 0.5) is 0 Å². The molecule has 0 aromatic carbocycles. The molecule has 0 N–H and O–H groups in total. The van der Waals surface area contributed by atoms with Crippen LogP contribution in [0.1, 0.15) is 52.9 Å². The van der Waals surface area contributed by atoms with Crippen LogP contribution in [0, 0.1) is 0 Å². The molecule has 0 saturated carbocycles. The molecular weight excluding hydrogens is 304 g/mol. The van der Waals surface area contributed by atoms with Gasteiger partial charge in [-0.25, -0.2) is 0 Å². The van der Waals surface area contributed by atoms with Gasteiger partial charge in [-0.1, -0.05) is 23.8 Å². The Morgan fingerprint density at radius 3 is 2.79 bits per heavy atom. The van der Waals surface area contributed by atoms with E-state index in [-0.39, 0.29) is 25.1 Å². The predicted molar refractivity (Wildman–Crippen MR) is 93.6 cm³/mol. The minimum Gasteiger partial charge on any atom is -0.359 e. The van der Waals surface area contributed by atoms with E-state index in [1.807, 2.05) is 13.8 Å². The van der Waals surface area contributed by atoms with E-state index >= 15 is 0 Å². The highest BCUT2D eigenvalue weighted by Gasteiger charge is 2.49. The molecule has 4 nitrogen and oxygen atoms in total. The van der Waals surface area contributed by atoms with E-state index < -0.39 is 5.79 Å². The van der Waals surface area contributed by atoms with Gasteiger partial charge in [-0.05, 0) is 57.6 Å². The molecule has 1 heterocycles. The van der Waals surface area contributed by atoms with Crippen molar-refractivity contribution in [1.82, 2.24) is 0 Å². The van der Waals surface area contributed by atoms with Gasteiger partial charge < -0.3 is 18.9 Å².